The largest absolute Gasteiger partial charge is 0.496 e. The summed E-state index contributed by atoms with van der Waals surface area (Å²) in [6, 6.07) is 16.3. The van der Waals surface area contributed by atoms with Gasteiger partial charge < -0.3 is 19.3 Å². The van der Waals surface area contributed by atoms with Crippen LogP contribution >= 0.6 is 0 Å². The lowest BCUT2D eigenvalue weighted by Gasteiger charge is -2.07. The number of aromatic nitrogens is 2. The number of hydrogen-bond donors (Lipinski definition) is 1. The molecule has 0 aliphatic carbocycles. The molecule has 148 valence electrons. The smallest absolute Gasteiger partial charge is 0.355 e. The highest BCUT2D eigenvalue weighted by Crippen LogP contribution is 2.27. The molecule has 29 heavy (non-hydrogen) atoms. The van der Waals surface area contributed by atoms with Crippen molar-refractivity contribution in [3.8, 4) is 17.1 Å². The number of hydrogen-bond acceptors (Lipinski definition) is 7. The number of carbonyl (C=O) groups excluding carboxylic acids is 2. The molecular weight excluding hydrogens is 374 g/mol. The zero-order chi connectivity index (χ0) is 20.6. The number of benzene rings is 2. The third-order valence-corrected chi connectivity index (χ3v) is 3.78. The van der Waals surface area contributed by atoms with Gasteiger partial charge in [0.1, 0.15) is 11.4 Å². The number of ether oxygens (including phenoxy) is 2. The van der Waals surface area contributed by atoms with Gasteiger partial charge in [0, 0.05) is 6.92 Å². The highest BCUT2D eigenvalue weighted by atomic mass is 16.6. The molecule has 0 fully saturated rings. The van der Waals surface area contributed by atoms with Gasteiger partial charge in [-0.25, -0.2) is 4.79 Å². The maximum atomic E-state index is 12.4. The molecule has 1 N–H and O–H groups in total. The molecule has 0 aliphatic rings. The van der Waals surface area contributed by atoms with Gasteiger partial charge in [-0.05, 0) is 23.8 Å². The summed E-state index contributed by atoms with van der Waals surface area (Å²) in [6.07, 6.45) is 1.53. The molecule has 3 rings (SSSR count). The first-order valence-electron chi connectivity index (χ1n) is 8.74. The van der Waals surface area contributed by atoms with E-state index < -0.39 is 5.97 Å². The van der Waals surface area contributed by atoms with Gasteiger partial charge in [0.05, 0.1) is 12.7 Å². The molecular formula is C21H19N3O5. The average molecular weight is 393 g/mol. The van der Waals surface area contributed by atoms with E-state index in [2.05, 4.69) is 15.5 Å². The molecule has 0 unspecified atom stereocenters. The van der Waals surface area contributed by atoms with Crippen LogP contribution in [0.3, 0.4) is 0 Å². The molecule has 0 saturated carbocycles. The number of esters is 1. The van der Waals surface area contributed by atoms with Crippen LogP contribution in [0.1, 0.15) is 18.4 Å². The van der Waals surface area contributed by atoms with Crippen molar-refractivity contribution in [1.82, 2.24) is 15.5 Å². The van der Waals surface area contributed by atoms with Crippen LogP contribution in [0.2, 0.25) is 0 Å². The maximum Gasteiger partial charge on any atom is 0.355 e. The zero-order valence-electron chi connectivity index (χ0n) is 15.9. The molecule has 3 aromatic rings. The summed E-state index contributed by atoms with van der Waals surface area (Å²) < 4.78 is 15.6. The molecule has 0 saturated heterocycles. The van der Waals surface area contributed by atoms with E-state index in [4.69, 9.17) is 14.0 Å². The van der Waals surface area contributed by atoms with Gasteiger partial charge in [0.2, 0.25) is 11.7 Å². The van der Waals surface area contributed by atoms with E-state index in [1.54, 1.807) is 31.4 Å². The number of para-hydroxylation sites is 1. The van der Waals surface area contributed by atoms with Gasteiger partial charge >= 0.3 is 5.97 Å². The van der Waals surface area contributed by atoms with Crippen LogP contribution in [0.25, 0.3) is 17.5 Å². The monoisotopic (exact) mass is 393 g/mol. The Morgan fingerprint density at radius 2 is 1.83 bits per heavy atom. The predicted octanol–water partition coefficient (Wildman–Crippen LogP) is 2.97. The Kier molecular flexibility index (Phi) is 6.36. The van der Waals surface area contributed by atoms with E-state index in [9.17, 15) is 9.59 Å². The minimum absolute atomic E-state index is 0.00756. The van der Waals surface area contributed by atoms with Crippen LogP contribution in [-0.4, -0.2) is 29.1 Å². The summed E-state index contributed by atoms with van der Waals surface area (Å²) in [7, 11) is 1.55. The molecule has 0 atom stereocenters. The minimum Gasteiger partial charge on any atom is -0.496 e. The van der Waals surface area contributed by atoms with E-state index in [-0.39, 0.29) is 24.1 Å². The molecule has 8 heteroatoms. The SMILES string of the molecule is COc1ccccc1-c1noc(COC(=O)/C(=C/c2ccccc2)NC(C)=O)n1. The summed E-state index contributed by atoms with van der Waals surface area (Å²) in [5, 5.41) is 6.37. The van der Waals surface area contributed by atoms with Crippen molar-refractivity contribution in [2.75, 3.05) is 7.11 Å². The van der Waals surface area contributed by atoms with Crippen molar-refractivity contribution in [2.24, 2.45) is 0 Å². The van der Waals surface area contributed by atoms with Crippen LogP contribution < -0.4 is 10.1 Å². The summed E-state index contributed by atoms with van der Waals surface area (Å²) in [5.41, 5.74) is 1.40. The van der Waals surface area contributed by atoms with Crippen LogP contribution in [0.15, 0.2) is 64.8 Å². The maximum absolute atomic E-state index is 12.4. The first-order chi connectivity index (χ1) is 14.1. The lowest BCUT2D eigenvalue weighted by Crippen LogP contribution is -2.26. The minimum atomic E-state index is -0.721. The Labute approximate surface area is 167 Å². The quantitative estimate of drug-likeness (QED) is 0.486. The Morgan fingerprint density at radius 1 is 1.10 bits per heavy atom. The molecule has 1 aromatic heterocycles. The van der Waals surface area contributed by atoms with Crippen LogP contribution in [0.4, 0.5) is 0 Å². The zero-order valence-corrected chi connectivity index (χ0v) is 15.9. The van der Waals surface area contributed by atoms with E-state index in [0.29, 0.717) is 17.1 Å². The number of amides is 1. The number of carbonyl (C=O) groups is 2. The van der Waals surface area contributed by atoms with Crippen molar-refractivity contribution in [3.63, 3.8) is 0 Å². The summed E-state index contributed by atoms with van der Waals surface area (Å²) in [6.45, 7) is 1.07. The molecule has 0 aliphatic heterocycles. The Bertz CT molecular complexity index is 1030. The van der Waals surface area contributed by atoms with Crippen LogP contribution in [0.5, 0.6) is 5.75 Å². The van der Waals surface area contributed by atoms with Crippen LogP contribution in [-0.2, 0) is 20.9 Å². The number of nitrogens with zero attached hydrogens (tertiary/aromatic N) is 2. The van der Waals surface area contributed by atoms with Gasteiger partial charge in [-0.15, -0.1) is 0 Å². The fraction of sp³-hybridized carbons (Fsp3) is 0.143. The molecule has 1 heterocycles. The third kappa shape index (κ3) is 5.29. The number of nitrogens with one attached hydrogen (secondary N) is 1. The van der Waals surface area contributed by atoms with Crippen LogP contribution in [0, 0.1) is 0 Å². The molecule has 8 nitrogen and oxygen atoms in total. The van der Waals surface area contributed by atoms with Gasteiger partial charge in [0.25, 0.3) is 5.89 Å². The van der Waals surface area contributed by atoms with Gasteiger partial charge in [0.15, 0.2) is 6.61 Å². The van der Waals surface area contributed by atoms with Gasteiger partial charge in [-0.3, -0.25) is 4.79 Å². The standard InChI is InChI=1S/C21H19N3O5/c1-14(25)22-17(12-15-8-4-3-5-9-15)21(26)28-13-19-23-20(24-29-19)16-10-6-7-11-18(16)27-2/h3-12H,13H2,1-2H3,(H,22,25)/b17-12-. The van der Waals surface area contributed by atoms with Crippen molar-refractivity contribution < 1.29 is 23.6 Å². The van der Waals surface area contributed by atoms with Crippen molar-refractivity contribution in [2.45, 2.75) is 13.5 Å². The van der Waals surface area contributed by atoms with E-state index in [0.717, 1.165) is 5.56 Å². The second-order valence-corrected chi connectivity index (χ2v) is 5.94. The van der Waals surface area contributed by atoms with Gasteiger partial charge in [-0.2, -0.15) is 4.98 Å². The molecule has 0 spiro atoms. The summed E-state index contributed by atoms with van der Waals surface area (Å²) >= 11 is 0. The second-order valence-electron chi connectivity index (χ2n) is 5.94. The summed E-state index contributed by atoms with van der Waals surface area (Å²) in [4.78, 5) is 28.1. The molecule has 2 aromatic carbocycles. The molecule has 0 radical (unpaired) electrons. The Balaban J connectivity index is 1.71. The Morgan fingerprint density at radius 3 is 2.55 bits per heavy atom. The van der Waals surface area contributed by atoms with E-state index >= 15 is 0 Å². The fourth-order valence-corrected chi connectivity index (χ4v) is 2.51. The first kappa shape index (κ1) is 19.8. The number of methoxy groups -OCH3 is 1. The van der Waals surface area contributed by atoms with Crippen molar-refractivity contribution in [3.05, 3.63) is 71.7 Å². The second kappa shape index (κ2) is 9.32. The lowest BCUT2D eigenvalue weighted by atomic mass is 10.2. The predicted molar refractivity (Wildman–Crippen MR) is 104 cm³/mol. The normalized spacial score (nSPS) is 11.0. The Hall–Kier alpha value is -3.94. The van der Waals surface area contributed by atoms with Gasteiger partial charge in [-0.1, -0.05) is 47.6 Å². The highest BCUT2D eigenvalue weighted by Gasteiger charge is 2.17. The summed E-state index contributed by atoms with van der Waals surface area (Å²) in [5.74, 6) is -0.0892. The van der Waals surface area contributed by atoms with Crippen molar-refractivity contribution >= 4 is 18.0 Å². The van der Waals surface area contributed by atoms with E-state index in [1.165, 1.54) is 13.0 Å². The molecule has 1 amide bonds. The lowest BCUT2D eigenvalue weighted by molar-refractivity contribution is -0.142. The van der Waals surface area contributed by atoms with E-state index in [1.807, 2.05) is 30.3 Å². The number of rotatable bonds is 7. The third-order valence-electron chi connectivity index (χ3n) is 3.78. The first-order valence-corrected chi connectivity index (χ1v) is 8.74. The molecule has 0 bridgehead atoms. The topological polar surface area (TPSA) is 104 Å². The highest BCUT2D eigenvalue weighted by molar-refractivity contribution is 5.97. The average Bonchev–Trinajstić information content (AvgIpc) is 3.21. The fourth-order valence-electron chi connectivity index (χ4n) is 2.51. The van der Waals surface area contributed by atoms with Crippen molar-refractivity contribution in [1.29, 1.82) is 0 Å².